The normalized spacial score (nSPS) is 23.3. The van der Waals surface area contributed by atoms with Crippen molar-refractivity contribution in [3.63, 3.8) is 0 Å². The number of nitrogens with zero attached hydrogens (tertiary/aromatic N) is 4. The van der Waals surface area contributed by atoms with Crippen molar-refractivity contribution in [3.05, 3.63) is 17.5 Å². The standard InChI is InChI=1S/C15H25N5/c1-15(2,3)13-11(9-19(4)18-13)12-7-17-14(16)20(12)8-10-5-6-10/h9-10,12H,5-8H2,1-4H3,(H2,16,17). The predicted octanol–water partition coefficient (Wildman–Crippen LogP) is 1.80. The van der Waals surface area contributed by atoms with Gasteiger partial charge in [-0.1, -0.05) is 20.8 Å². The fourth-order valence-corrected chi connectivity index (χ4v) is 2.93. The first-order chi connectivity index (χ1) is 9.36. The van der Waals surface area contributed by atoms with Gasteiger partial charge >= 0.3 is 0 Å². The maximum absolute atomic E-state index is 6.10. The SMILES string of the molecule is Cn1cc(C2CN=C(N)N2CC2CC2)c(C(C)(C)C)n1. The molecule has 2 N–H and O–H groups in total. The Morgan fingerprint density at radius 3 is 2.65 bits per heavy atom. The van der Waals surface area contributed by atoms with Crippen molar-refractivity contribution in [3.8, 4) is 0 Å². The Morgan fingerprint density at radius 2 is 2.05 bits per heavy atom. The molecule has 0 bridgehead atoms. The Kier molecular flexibility index (Phi) is 3.03. The van der Waals surface area contributed by atoms with Crippen LogP contribution in [0.4, 0.5) is 0 Å². The molecular formula is C15H25N5. The Balaban J connectivity index is 1.92. The summed E-state index contributed by atoms with van der Waals surface area (Å²) < 4.78 is 1.92. The molecule has 1 fully saturated rings. The molecule has 2 aliphatic rings. The number of hydrogen-bond acceptors (Lipinski definition) is 4. The van der Waals surface area contributed by atoms with Gasteiger partial charge in [0.05, 0.1) is 18.3 Å². The quantitative estimate of drug-likeness (QED) is 0.915. The van der Waals surface area contributed by atoms with Gasteiger partial charge in [0.25, 0.3) is 0 Å². The average Bonchev–Trinajstić information content (AvgIpc) is 2.96. The van der Waals surface area contributed by atoms with Crippen LogP contribution in [0.2, 0.25) is 0 Å². The van der Waals surface area contributed by atoms with E-state index in [1.54, 1.807) is 0 Å². The van der Waals surface area contributed by atoms with E-state index in [4.69, 9.17) is 5.73 Å². The third-order valence-corrected chi connectivity index (χ3v) is 4.18. The summed E-state index contributed by atoms with van der Waals surface area (Å²) in [7, 11) is 1.99. The van der Waals surface area contributed by atoms with Gasteiger partial charge in [-0.3, -0.25) is 9.67 Å². The molecule has 1 aromatic heterocycles. The lowest BCUT2D eigenvalue weighted by molar-refractivity contribution is 0.329. The summed E-state index contributed by atoms with van der Waals surface area (Å²) in [5.41, 5.74) is 8.58. The van der Waals surface area contributed by atoms with Crippen LogP contribution in [0, 0.1) is 5.92 Å². The average molecular weight is 275 g/mol. The lowest BCUT2D eigenvalue weighted by atomic mass is 9.87. The van der Waals surface area contributed by atoms with E-state index in [1.165, 1.54) is 18.4 Å². The van der Waals surface area contributed by atoms with Crippen LogP contribution in [0.5, 0.6) is 0 Å². The van der Waals surface area contributed by atoms with Gasteiger partial charge in [0.2, 0.25) is 0 Å². The summed E-state index contributed by atoms with van der Waals surface area (Å²) in [6, 6.07) is 0.263. The van der Waals surface area contributed by atoms with Crippen molar-refractivity contribution in [1.82, 2.24) is 14.7 Å². The van der Waals surface area contributed by atoms with E-state index in [-0.39, 0.29) is 11.5 Å². The number of guanidine groups is 1. The van der Waals surface area contributed by atoms with E-state index < -0.39 is 0 Å². The highest BCUT2D eigenvalue weighted by atomic mass is 15.3. The van der Waals surface area contributed by atoms with E-state index in [1.807, 2.05) is 11.7 Å². The van der Waals surface area contributed by atoms with Crippen molar-refractivity contribution < 1.29 is 0 Å². The van der Waals surface area contributed by atoms with Gasteiger partial charge in [-0.25, -0.2) is 0 Å². The van der Waals surface area contributed by atoms with Crippen LogP contribution in [0.25, 0.3) is 0 Å². The summed E-state index contributed by atoms with van der Waals surface area (Å²) >= 11 is 0. The third-order valence-electron chi connectivity index (χ3n) is 4.18. The Bertz CT molecular complexity index is 533. The van der Waals surface area contributed by atoms with Crippen molar-refractivity contribution in [1.29, 1.82) is 0 Å². The molecule has 20 heavy (non-hydrogen) atoms. The van der Waals surface area contributed by atoms with Crippen molar-refractivity contribution >= 4 is 5.96 Å². The van der Waals surface area contributed by atoms with Crippen LogP contribution in [-0.2, 0) is 12.5 Å². The summed E-state index contributed by atoms with van der Waals surface area (Å²) in [6.45, 7) is 8.43. The molecule has 1 atom stereocenters. The van der Waals surface area contributed by atoms with Gasteiger partial charge in [0.15, 0.2) is 5.96 Å². The highest BCUT2D eigenvalue weighted by Crippen LogP contribution is 2.37. The van der Waals surface area contributed by atoms with Crippen LogP contribution < -0.4 is 5.73 Å². The second kappa shape index (κ2) is 4.50. The first kappa shape index (κ1) is 13.5. The summed E-state index contributed by atoms with van der Waals surface area (Å²) in [6.07, 6.45) is 4.80. The fraction of sp³-hybridized carbons (Fsp3) is 0.733. The number of aliphatic imine (C=N–C) groups is 1. The second-order valence-corrected chi connectivity index (χ2v) is 7.17. The van der Waals surface area contributed by atoms with Gasteiger partial charge in [-0.15, -0.1) is 0 Å². The van der Waals surface area contributed by atoms with E-state index in [0.29, 0.717) is 5.96 Å². The van der Waals surface area contributed by atoms with Crippen LogP contribution >= 0.6 is 0 Å². The van der Waals surface area contributed by atoms with Crippen molar-refractivity contribution in [2.75, 3.05) is 13.1 Å². The molecule has 0 radical (unpaired) electrons. The third kappa shape index (κ3) is 2.41. The summed E-state index contributed by atoms with van der Waals surface area (Å²) in [5.74, 6) is 1.50. The molecule has 1 aliphatic heterocycles. The number of rotatable bonds is 3. The van der Waals surface area contributed by atoms with Gasteiger partial charge in [-0.05, 0) is 18.8 Å². The van der Waals surface area contributed by atoms with E-state index >= 15 is 0 Å². The fourth-order valence-electron chi connectivity index (χ4n) is 2.93. The first-order valence-electron chi connectivity index (χ1n) is 7.47. The molecule has 110 valence electrons. The summed E-state index contributed by atoms with van der Waals surface area (Å²) in [5, 5.41) is 4.68. The Labute approximate surface area is 120 Å². The molecule has 0 aromatic carbocycles. The van der Waals surface area contributed by atoms with Crippen LogP contribution in [0.1, 0.15) is 50.9 Å². The molecule has 2 heterocycles. The van der Waals surface area contributed by atoms with Gasteiger partial charge in [-0.2, -0.15) is 5.10 Å². The zero-order chi connectivity index (χ0) is 14.5. The molecule has 0 amide bonds. The van der Waals surface area contributed by atoms with Crippen LogP contribution in [0.3, 0.4) is 0 Å². The van der Waals surface area contributed by atoms with Crippen LogP contribution in [-0.4, -0.2) is 33.7 Å². The zero-order valence-electron chi connectivity index (χ0n) is 12.9. The van der Waals surface area contributed by atoms with E-state index in [0.717, 1.165) is 24.7 Å². The number of hydrogen-bond donors (Lipinski definition) is 1. The van der Waals surface area contributed by atoms with Gasteiger partial charge in [0, 0.05) is 30.8 Å². The summed E-state index contributed by atoms with van der Waals surface area (Å²) in [4.78, 5) is 6.75. The monoisotopic (exact) mass is 275 g/mol. The smallest absolute Gasteiger partial charge is 0.191 e. The minimum Gasteiger partial charge on any atom is -0.370 e. The molecule has 0 saturated heterocycles. The molecule has 5 nitrogen and oxygen atoms in total. The number of aryl methyl sites for hydroxylation is 1. The zero-order valence-corrected chi connectivity index (χ0v) is 12.9. The lowest BCUT2D eigenvalue weighted by Crippen LogP contribution is -2.38. The minimum atomic E-state index is 0.0409. The largest absolute Gasteiger partial charge is 0.370 e. The Morgan fingerprint density at radius 1 is 1.35 bits per heavy atom. The molecule has 5 heteroatoms. The number of aromatic nitrogens is 2. The topological polar surface area (TPSA) is 59.4 Å². The molecule has 3 rings (SSSR count). The predicted molar refractivity (Wildman–Crippen MR) is 80.6 cm³/mol. The molecule has 1 aromatic rings. The maximum Gasteiger partial charge on any atom is 0.191 e. The lowest BCUT2D eigenvalue weighted by Gasteiger charge is -2.28. The maximum atomic E-state index is 6.10. The van der Waals surface area contributed by atoms with E-state index in [2.05, 4.69) is 42.0 Å². The second-order valence-electron chi connectivity index (χ2n) is 7.17. The number of nitrogens with two attached hydrogens (primary N) is 1. The molecule has 1 aliphatic carbocycles. The van der Waals surface area contributed by atoms with Gasteiger partial charge in [0.1, 0.15) is 0 Å². The van der Waals surface area contributed by atoms with Gasteiger partial charge < -0.3 is 10.6 Å². The van der Waals surface area contributed by atoms with Crippen LogP contribution in [0.15, 0.2) is 11.2 Å². The molecular weight excluding hydrogens is 250 g/mol. The molecule has 1 saturated carbocycles. The molecule has 0 spiro atoms. The van der Waals surface area contributed by atoms with Crippen molar-refractivity contribution in [2.24, 2.45) is 23.7 Å². The van der Waals surface area contributed by atoms with Crippen molar-refractivity contribution in [2.45, 2.75) is 45.1 Å². The molecule has 1 unspecified atom stereocenters. The highest BCUT2D eigenvalue weighted by Gasteiger charge is 2.36. The van der Waals surface area contributed by atoms with E-state index in [9.17, 15) is 0 Å². The Hall–Kier alpha value is -1.52. The first-order valence-corrected chi connectivity index (χ1v) is 7.47. The highest BCUT2D eigenvalue weighted by molar-refractivity contribution is 5.80. The minimum absolute atomic E-state index is 0.0409.